The van der Waals surface area contributed by atoms with Crippen LogP contribution in [0.1, 0.15) is 27.2 Å². The maximum atomic E-state index is 11.3. The molecule has 0 bridgehead atoms. The van der Waals surface area contributed by atoms with E-state index in [9.17, 15) is 9.59 Å². The summed E-state index contributed by atoms with van der Waals surface area (Å²) in [6, 6.07) is -0.219. The summed E-state index contributed by atoms with van der Waals surface area (Å²) in [5.41, 5.74) is 0. The van der Waals surface area contributed by atoms with Gasteiger partial charge in [-0.05, 0) is 20.8 Å². The summed E-state index contributed by atoms with van der Waals surface area (Å²) in [6.07, 6.45) is -0.238. The van der Waals surface area contributed by atoms with Gasteiger partial charge >= 0.3 is 12.1 Å². The molecule has 15 heavy (non-hydrogen) atoms. The molecule has 0 aromatic heterocycles. The van der Waals surface area contributed by atoms with Gasteiger partial charge in [-0.25, -0.2) is 4.79 Å². The Hall–Kier alpha value is -1.26. The van der Waals surface area contributed by atoms with E-state index in [1.165, 1.54) is 4.90 Å². The number of hydrogen-bond acceptors (Lipinski definition) is 4. The molecule has 0 rings (SSSR count). The van der Waals surface area contributed by atoms with Crippen molar-refractivity contribution in [3.05, 3.63) is 0 Å². The molecule has 0 fully saturated rings. The minimum absolute atomic E-state index is 0.184. The third-order valence-corrected chi connectivity index (χ3v) is 1.98. The quantitative estimate of drug-likeness (QED) is 0.653. The molecule has 0 aliphatic carbocycles. The average molecular weight is 217 g/mol. The van der Waals surface area contributed by atoms with Crippen LogP contribution < -0.4 is 0 Å². The fourth-order valence-corrected chi connectivity index (χ4v) is 1.00. The van der Waals surface area contributed by atoms with E-state index in [0.717, 1.165) is 0 Å². The zero-order chi connectivity index (χ0) is 11.8. The molecule has 88 valence electrons. The van der Waals surface area contributed by atoms with Gasteiger partial charge < -0.3 is 14.4 Å². The first-order valence-corrected chi connectivity index (χ1v) is 5.08. The van der Waals surface area contributed by atoms with Crippen LogP contribution in [-0.2, 0) is 14.3 Å². The Kier molecular flexibility index (Phi) is 6.49. The molecule has 0 aromatic carbocycles. The minimum Gasteiger partial charge on any atom is -0.466 e. The Labute approximate surface area is 90.3 Å². The second kappa shape index (κ2) is 7.09. The molecule has 5 heteroatoms. The standard InChI is InChI=1S/C10H19NO4/c1-5-14-9(12)7-8(3)11(4)10(13)15-6-2/h8H,5-7H2,1-4H3. The third-order valence-electron chi connectivity index (χ3n) is 1.98. The maximum absolute atomic E-state index is 11.3. The molecule has 0 saturated heterocycles. The topological polar surface area (TPSA) is 55.8 Å². The van der Waals surface area contributed by atoms with Crippen LogP contribution in [0, 0.1) is 0 Å². The third kappa shape index (κ3) is 5.24. The van der Waals surface area contributed by atoms with Crippen molar-refractivity contribution < 1.29 is 19.1 Å². The molecule has 0 aliphatic rings. The highest BCUT2D eigenvalue weighted by atomic mass is 16.6. The summed E-state index contributed by atoms with van der Waals surface area (Å²) < 4.78 is 9.59. The van der Waals surface area contributed by atoms with Gasteiger partial charge in [0.25, 0.3) is 0 Å². The summed E-state index contributed by atoms with van der Waals surface area (Å²) in [5.74, 6) is -0.304. The molecule has 0 aliphatic heterocycles. The van der Waals surface area contributed by atoms with Gasteiger partial charge in [-0.2, -0.15) is 0 Å². The Balaban J connectivity index is 4.02. The van der Waals surface area contributed by atoms with Crippen molar-refractivity contribution in [3.8, 4) is 0 Å². The van der Waals surface area contributed by atoms with Crippen molar-refractivity contribution in [2.24, 2.45) is 0 Å². The van der Waals surface area contributed by atoms with Gasteiger partial charge in [-0.1, -0.05) is 0 Å². The van der Waals surface area contributed by atoms with E-state index in [1.54, 1.807) is 27.8 Å². The molecule has 0 heterocycles. The molecular weight excluding hydrogens is 198 g/mol. The molecule has 0 radical (unpaired) electrons. The van der Waals surface area contributed by atoms with Crippen molar-refractivity contribution in [1.82, 2.24) is 4.90 Å². The summed E-state index contributed by atoms with van der Waals surface area (Å²) in [4.78, 5) is 23.8. The van der Waals surface area contributed by atoms with Crippen molar-refractivity contribution >= 4 is 12.1 Å². The Bertz CT molecular complexity index is 217. The predicted octanol–water partition coefficient (Wildman–Crippen LogP) is 1.42. The van der Waals surface area contributed by atoms with Gasteiger partial charge in [0, 0.05) is 13.1 Å². The van der Waals surface area contributed by atoms with Gasteiger partial charge in [-0.3, -0.25) is 4.79 Å². The summed E-state index contributed by atoms with van der Waals surface area (Å²) in [7, 11) is 1.60. The maximum Gasteiger partial charge on any atom is 0.409 e. The zero-order valence-electron chi connectivity index (χ0n) is 9.78. The van der Waals surface area contributed by atoms with E-state index in [1.807, 2.05) is 0 Å². The van der Waals surface area contributed by atoms with Crippen molar-refractivity contribution in [1.29, 1.82) is 0 Å². The lowest BCUT2D eigenvalue weighted by atomic mass is 10.2. The second-order valence-corrected chi connectivity index (χ2v) is 3.17. The molecule has 1 atom stereocenters. The number of ether oxygens (including phenoxy) is 2. The highest BCUT2D eigenvalue weighted by Crippen LogP contribution is 2.04. The van der Waals surface area contributed by atoms with Gasteiger partial charge in [0.15, 0.2) is 0 Å². The highest BCUT2D eigenvalue weighted by molar-refractivity contribution is 5.72. The fraction of sp³-hybridized carbons (Fsp3) is 0.800. The Morgan fingerprint density at radius 3 is 2.20 bits per heavy atom. The SMILES string of the molecule is CCOC(=O)CC(C)N(C)C(=O)OCC. The van der Waals surface area contributed by atoms with Crippen LogP contribution in [0.5, 0.6) is 0 Å². The molecular formula is C10H19NO4. The number of hydrogen-bond donors (Lipinski definition) is 0. The van der Waals surface area contributed by atoms with Crippen molar-refractivity contribution in [2.45, 2.75) is 33.2 Å². The van der Waals surface area contributed by atoms with Gasteiger partial charge in [0.1, 0.15) is 0 Å². The number of rotatable bonds is 5. The fourth-order valence-electron chi connectivity index (χ4n) is 1.00. The zero-order valence-corrected chi connectivity index (χ0v) is 9.78. The average Bonchev–Trinajstić information content (AvgIpc) is 2.17. The molecule has 0 saturated carbocycles. The Morgan fingerprint density at radius 2 is 1.73 bits per heavy atom. The summed E-state index contributed by atoms with van der Waals surface area (Å²) in [5, 5.41) is 0. The molecule has 1 unspecified atom stereocenters. The Morgan fingerprint density at radius 1 is 1.20 bits per heavy atom. The van der Waals surface area contributed by atoms with Crippen LogP contribution in [0.2, 0.25) is 0 Å². The second-order valence-electron chi connectivity index (χ2n) is 3.17. The smallest absolute Gasteiger partial charge is 0.409 e. The summed E-state index contributed by atoms with van der Waals surface area (Å²) in [6.45, 7) is 5.94. The van der Waals surface area contributed by atoms with E-state index in [-0.39, 0.29) is 18.4 Å². The van der Waals surface area contributed by atoms with E-state index >= 15 is 0 Å². The highest BCUT2D eigenvalue weighted by Gasteiger charge is 2.19. The normalized spacial score (nSPS) is 11.7. The molecule has 5 nitrogen and oxygen atoms in total. The number of amides is 1. The van der Waals surface area contributed by atoms with E-state index in [4.69, 9.17) is 9.47 Å². The lowest BCUT2D eigenvalue weighted by Gasteiger charge is -2.23. The molecule has 0 N–H and O–H groups in total. The van der Waals surface area contributed by atoms with Gasteiger partial charge in [0.2, 0.25) is 0 Å². The summed E-state index contributed by atoms with van der Waals surface area (Å²) >= 11 is 0. The van der Waals surface area contributed by atoms with Crippen LogP contribution in [0.25, 0.3) is 0 Å². The largest absolute Gasteiger partial charge is 0.466 e. The lowest BCUT2D eigenvalue weighted by Crippen LogP contribution is -2.37. The van der Waals surface area contributed by atoms with Crippen LogP contribution in [0.3, 0.4) is 0 Å². The predicted molar refractivity (Wildman–Crippen MR) is 55.5 cm³/mol. The number of carbonyl (C=O) groups is 2. The number of esters is 1. The lowest BCUT2D eigenvalue weighted by molar-refractivity contribution is -0.144. The number of carbonyl (C=O) groups excluding carboxylic acids is 2. The van der Waals surface area contributed by atoms with E-state index < -0.39 is 6.09 Å². The van der Waals surface area contributed by atoms with Crippen LogP contribution in [0.15, 0.2) is 0 Å². The van der Waals surface area contributed by atoms with Gasteiger partial charge in [-0.15, -0.1) is 0 Å². The van der Waals surface area contributed by atoms with Gasteiger partial charge in [0.05, 0.1) is 19.6 Å². The van der Waals surface area contributed by atoms with Crippen LogP contribution in [-0.4, -0.2) is 43.3 Å². The first-order chi connectivity index (χ1) is 7.02. The van der Waals surface area contributed by atoms with Crippen LogP contribution >= 0.6 is 0 Å². The molecule has 0 spiro atoms. The van der Waals surface area contributed by atoms with Crippen molar-refractivity contribution in [3.63, 3.8) is 0 Å². The first-order valence-electron chi connectivity index (χ1n) is 5.08. The number of nitrogens with zero attached hydrogens (tertiary/aromatic N) is 1. The first kappa shape index (κ1) is 13.7. The van der Waals surface area contributed by atoms with Crippen molar-refractivity contribution in [2.75, 3.05) is 20.3 Å². The molecule has 0 aromatic rings. The minimum atomic E-state index is -0.422. The van der Waals surface area contributed by atoms with Crippen LogP contribution in [0.4, 0.5) is 4.79 Å². The molecule has 1 amide bonds. The van der Waals surface area contributed by atoms with E-state index in [2.05, 4.69) is 0 Å². The monoisotopic (exact) mass is 217 g/mol. The van der Waals surface area contributed by atoms with E-state index in [0.29, 0.717) is 13.2 Å².